The summed E-state index contributed by atoms with van der Waals surface area (Å²) in [7, 11) is 0. The van der Waals surface area contributed by atoms with E-state index in [9.17, 15) is 13.6 Å². The fourth-order valence-electron chi connectivity index (χ4n) is 1.43. The van der Waals surface area contributed by atoms with Crippen molar-refractivity contribution in [1.82, 2.24) is 4.98 Å². The summed E-state index contributed by atoms with van der Waals surface area (Å²) < 4.78 is 26.2. The third-order valence-corrected chi connectivity index (χ3v) is 3.21. The van der Waals surface area contributed by atoms with Crippen molar-refractivity contribution < 1.29 is 13.6 Å². The highest BCUT2D eigenvalue weighted by Gasteiger charge is 2.13. The summed E-state index contributed by atoms with van der Waals surface area (Å²) in [4.78, 5) is 16.2. The molecule has 0 amide bonds. The molecule has 0 unspecified atom stereocenters. The van der Waals surface area contributed by atoms with Crippen LogP contribution in [-0.2, 0) is 6.42 Å². The highest BCUT2D eigenvalue weighted by molar-refractivity contribution is 7.13. The lowest BCUT2D eigenvalue weighted by Gasteiger charge is -2.01. The summed E-state index contributed by atoms with van der Waals surface area (Å²) >= 11 is 1.25. The Kier molecular flexibility index (Phi) is 3.28. The van der Waals surface area contributed by atoms with E-state index in [-0.39, 0.29) is 17.8 Å². The fourth-order valence-corrected chi connectivity index (χ4v) is 2.14. The standard InChI is InChI=1S/C12H9F2NOS/c1-7-15-6-12(17-7)11(16)5-8-4-9(13)2-3-10(8)14/h2-4,6H,5H2,1H3. The first-order valence-corrected chi connectivity index (χ1v) is 5.77. The van der Waals surface area contributed by atoms with Crippen LogP contribution in [0, 0.1) is 18.6 Å². The topological polar surface area (TPSA) is 30.0 Å². The van der Waals surface area contributed by atoms with Crippen LogP contribution in [0.15, 0.2) is 24.4 Å². The molecule has 0 aliphatic carbocycles. The van der Waals surface area contributed by atoms with Gasteiger partial charge in [-0.05, 0) is 30.7 Å². The maximum atomic E-state index is 13.3. The summed E-state index contributed by atoms with van der Waals surface area (Å²) in [5, 5.41) is 0.771. The van der Waals surface area contributed by atoms with E-state index in [0.29, 0.717) is 4.88 Å². The minimum Gasteiger partial charge on any atom is -0.293 e. The lowest BCUT2D eigenvalue weighted by atomic mass is 10.1. The number of benzene rings is 1. The van der Waals surface area contributed by atoms with Crippen molar-refractivity contribution in [2.75, 3.05) is 0 Å². The second-order valence-corrected chi connectivity index (χ2v) is 4.81. The summed E-state index contributed by atoms with van der Waals surface area (Å²) in [5.74, 6) is -1.37. The Balaban J connectivity index is 2.21. The normalized spacial score (nSPS) is 10.5. The first-order chi connectivity index (χ1) is 8.06. The van der Waals surface area contributed by atoms with Gasteiger partial charge in [0.25, 0.3) is 0 Å². The van der Waals surface area contributed by atoms with Crippen LogP contribution in [0.2, 0.25) is 0 Å². The smallest absolute Gasteiger partial charge is 0.178 e. The maximum absolute atomic E-state index is 13.3. The molecular weight excluding hydrogens is 244 g/mol. The number of Topliss-reactive ketones (excluding diaryl/α,β-unsaturated/α-hetero) is 1. The highest BCUT2D eigenvalue weighted by Crippen LogP contribution is 2.17. The molecule has 2 aromatic rings. The summed E-state index contributed by atoms with van der Waals surface area (Å²) in [6.45, 7) is 1.78. The van der Waals surface area contributed by atoms with E-state index in [0.717, 1.165) is 23.2 Å². The van der Waals surface area contributed by atoms with Gasteiger partial charge in [-0.2, -0.15) is 0 Å². The average Bonchev–Trinajstić information content (AvgIpc) is 2.70. The minimum absolute atomic E-state index is 0.0704. The number of hydrogen-bond acceptors (Lipinski definition) is 3. The van der Waals surface area contributed by atoms with Gasteiger partial charge in [0.05, 0.1) is 9.88 Å². The minimum atomic E-state index is -0.569. The zero-order valence-electron chi connectivity index (χ0n) is 9.04. The molecule has 1 aromatic heterocycles. The molecule has 88 valence electrons. The van der Waals surface area contributed by atoms with Crippen molar-refractivity contribution in [2.24, 2.45) is 0 Å². The van der Waals surface area contributed by atoms with E-state index in [2.05, 4.69) is 4.98 Å². The van der Waals surface area contributed by atoms with Crippen LogP contribution in [-0.4, -0.2) is 10.8 Å². The second-order valence-electron chi connectivity index (χ2n) is 3.58. The number of aromatic nitrogens is 1. The summed E-state index contributed by atoms with van der Waals surface area (Å²) in [6, 6.07) is 3.09. The summed E-state index contributed by atoms with van der Waals surface area (Å²) in [6.07, 6.45) is 1.31. The maximum Gasteiger partial charge on any atom is 0.178 e. The van der Waals surface area contributed by atoms with Crippen LogP contribution < -0.4 is 0 Å². The van der Waals surface area contributed by atoms with Crippen molar-refractivity contribution in [2.45, 2.75) is 13.3 Å². The van der Waals surface area contributed by atoms with Crippen molar-refractivity contribution in [3.8, 4) is 0 Å². The Bertz CT molecular complexity index is 565. The number of carbonyl (C=O) groups excluding carboxylic acids is 1. The first-order valence-electron chi connectivity index (χ1n) is 4.96. The zero-order valence-corrected chi connectivity index (χ0v) is 9.85. The Morgan fingerprint density at radius 2 is 2.18 bits per heavy atom. The van der Waals surface area contributed by atoms with Gasteiger partial charge in [0.1, 0.15) is 11.6 Å². The van der Waals surface area contributed by atoms with Crippen molar-refractivity contribution >= 4 is 17.1 Å². The molecule has 0 aliphatic rings. The monoisotopic (exact) mass is 253 g/mol. The van der Waals surface area contributed by atoms with Crippen LogP contribution >= 0.6 is 11.3 Å². The van der Waals surface area contributed by atoms with Gasteiger partial charge in [0, 0.05) is 12.6 Å². The van der Waals surface area contributed by atoms with E-state index >= 15 is 0 Å². The number of ketones is 1. The molecule has 1 heterocycles. The SMILES string of the molecule is Cc1ncc(C(=O)Cc2cc(F)ccc2F)s1. The number of nitrogens with zero attached hydrogens (tertiary/aromatic N) is 1. The number of hydrogen-bond donors (Lipinski definition) is 0. The predicted octanol–water partition coefficient (Wildman–Crippen LogP) is 3.16. The van der Waals surface area contributed by atoms with Crippen LogP contribution in [0.4, 0.5) is 8.78 Å². The van der Waals surface area contributed by atoms with Gasteiger partial charge in [0.2, 0.25) is 0 Å². The van der Waals surface area contributed by atoms with E-state index in [1.165, 1.54) is 17.5 Å². The van der Waals surface area contributed by atoms with Crippen molar-refractivity contribution in [3.63, 3.8) is 0 Å². The molecule has 0 N–H and O–H groups in total. The molecule has 0 bridgehead atoms. The molecule has 0 saturated heterocycles. The molecule has 1 aromatic carbocycles. The molecule has 0 atom stereocenters. The van der Waals surface area contributed by atoms with Crippen LogP contribution in [0.3, 0.4) is 0 Å². The number of aryl methyl sites for hydroxylation is 1. The quantitative estimate of drug-likeness (QED) is 0.786. The predicted molar refractivity (Wildman–Crippen MR) is 61.2 cm³/mol. The molecular formula is C12H9F2NOS. The third-order valence-electron chi connectivity index (χ3n) is 2.25. The molecule has 2 rings (SSSR count). The van der Waals surface area contributed by atoms with Gasteiger partial charge in [0.15, 0.2) is 5.78 Å². The Labute approximate surface area is 101 Å². The van der Waals surface area contributed by atoms with Gasteiger partial charge in [-0.1, -0.05) is 0 Å². The van der Waals surface area contributed by atoms with Gasteiger partial charge >= 0.3 is 0 Å². The number of rotatable bonds is 3. The van der Waals surface area contributed by atoms with Gasteiger partial charge in [-0.15, -0.1) is 11.3 Å². The zero-order chi connectivity index (χ0) is 12.4. The van der Waals surface area contributed by atoms with Gasteiger partial charge in [-0.3, -0.25) is 4.79 Å². The largest absolute Gasteiger partial charge is 0.293 e. The summed E-state index contributed by atoms with van der Waals surface area (Å²) in [5.41, 5.74) is 0.0704. The molecule has 0 fully saturated rings. The number of halogens is 2. The molecule has 0 saturated carbocycles. The van der Waals surface area contributed by atoms with E-state index in [1.807, 2.05) is 0 Å². The van der Waals surface area contributed by atoms with Crippen LogP contribution in [0.1, 0.15) is 20.2 Å². The van der Waals surface area contributed by atoms with Crippen LogP contribution in [0.25, 0.3) is 0 Å². The molecule has 0 radical (unpaired) electrons. The van der Waals surface area contributed by atoms with E-state index in [1.54, 1.807) is 6.92 Å². The molecule has 0 aliphatic heterocycles. The van der Waals surface area contributed by atoms with Gasteiger partial charge in [-0.25, -0.2) is 13.8 Å². The molecule has 5 heteroatoms. The van der Waals surface area contributed by atoms with Crippen molar-refractivity contribution in [3.05, 3.63) is 51.5 Å². The van der Waals surface area contributed by atoms with Crippen LogP contribution in [0.5, 0.6) is 0 Å². The second kappa shape index (κ2) is 4.71. The fraction of sp³-hybridized carbons (Fsp3) is 0.167. The van der Waals surface area contributed by atoms with Crippen molar-refractivity contribution in [1.29, 1.82) is 0 Å². The van der Waals surface area contributed by atoms with E-state index < -0.39 is 11.6 Å². The van der Waals surface area contributed by atoms with E-state index in [4.69, 9.17) is 0 Å². The molecule has 17 heavy (non-hydrogen) atoms. The highest BCUT2D eigenvalue weighted by atomic mass is 32.1. The van der Waals surface area contributed by atoms with Gasteiger partial charge < -0.3 is 0 Å². The first kappa shape index (κ1) is 11.9. The number of thiazole rings is 1. The average molecular weight is 253 g/mol. The lowest BCUT2D eigenvalue weighted by Crippen LogP contribution is -2.03. The lowest BCUT2D eigenvalue weighted by molar-refractivity contribution is 0.0995. The third kappa shape index (κ3) is 2.74. The Morgan fingerprint density at radius 3 is 2.82 bits per heavy atom. The molecule has 0 spiro atoms. The number of carbonyl (C=O) groups is 1. The molecule has 2 nitrogen and oxygen atoms in total. The Morgan fingerprint density at radius 1 is 1.41 bits per heavy atom. The Hall–Kier alpha value is -1.62.